The Morgan fingerprint density at radius 1 is 1.20 bits per heavy atom. The molecule has 0 saturated heterocycles. The Bertz CT molecular complexity index is 414. The summed E-state index contributed by atoms with van der Waals surface area (Å²) in [5.74, 6) is 1.56. The molecule has 1 aromatic rings. The van der Waals surface area contributed by atoms with E-state index in [0.29, 0.717) is 30.6 Å². The van der Waals surface area contributed by atoms with Crippen LogP contribution in [0, 0.1) is 5.41 Å². The smallest absolute Gasteiger partial charge is 0.119 e. The maximum Gasteiger partial charge on any atom is 0.119 e. The average Bonchev–Trinajstić information content (AvgIpc) is 2.44. The van der Waals surface area contributed by atoms with Crippen LogP contribution in [-0.4, -0.2) is 32.9 Å². The normalized spacial score (nSPS) is 24.2. The quantitative estimate of drug-likeness (QED) is 0.776. The summed E-state index contributed by atoms with van der Waals surface area (Å²) in [5.41, 5.74) is 1.75. The Morgan fingerprint density at radius 3 is 2.45 bits per heavy atom. The molecule has 3 nitrogen and oxygen atoms in total. The molecule has 0 heterocycles. The first-order chi connectivity index (χ1) is 9.59. The highest BCUT2D eigenvalue weighted by Gasteiger charge is 2.47. The van der Waals surface area contributed by atoms with Crippen molar-refractivity contribution < 1.29 is 9.47 Å². The first kappa shape index (κ1) is 15.3. The highest BCUT2D eigenvalue weighted by atomic mass is 16.5. The molecule has 1 aromatic carbocycles. The van der Waals surface area contributed by atoms with Gasteiger partial charge in [-0.2, -0.15) is 0 Å². The zero-order chi connectivity index (χ0) is 14.6. The molecule has 0 amide bonds. The van der Waals surface area contributed by atoms with Crippen LogP contribution in [0.2, 0.25) is 0 Å². The van der Waals surface area contributed by atoms with Crippen LogP contribution in [0.15, 0.2) is 24.3 Å². The lowest BCUT2D eigenvalue weighted by atomic mass is 9.56. The first-order valence-electron chi connectivity index (χ1n) is 7.54. The van der Waals surface area contributed by atoms with Gasteiger partial charge in [0.15, 0.2) is 0 Å². The molecule has 112 valence electrons. The van der Waals surface area contributed by atoms with Crippen LogP contribution in [0.25, 0.3) is 0 Å². The molecular formula is C17H27NO2. The highest BCUT2D eigenvalue weighted by molar-refractivity contribution is 5.33. The number of methoxy groups -OCH3 is 1. The van der Waals surface area contributed by atoms with E-state index in [1.807, 2.05) is 0 Å². The van der Waals surface area contributed by atoms with Crippen molar-refractivity contribution in [3.8, 4) is 5.75 Å². The second-order valence-electron chi connectivity index (χ2n) is 6.13. The SMILES string of the molecule is CCNC1CC(c2ccc(OCCOC)cc2)C1(C)C. The Hall–Kier alpha value is -1.06. The van der Waals surface area contributed by atoms with Gasteiger partial charge in [0.05, 0.1) is 6.61 Å². The Labute approximate surface area is 122 Å². The van der Waals surface area contributed by atoms with E-state index in [-0.39, 0.29) is 0 Å². The van der Waals surface area contributed by atoms with Gasteiger partial charge >= 0.3 is 0 Å². The summed E-state index contributed by atoms with van der Waals surface area (Å²) in [6, 6.07) is 9.19. The van der Waals surface area contributed by atoms with Gasteiger partial charge < -0.3 is 14.8 Å². The molecule has 3 heteroatoms. The predicted octanol–water partition coefficient (Wildman–Crippen LogP) is 3.20. The van der Waals surface area contributed by atoms with Crippen LogP contribution >= 0.6 is 0 Å². The first-order valence-corrected chi connectivity index (χ1v) is 7.54. The van der Waals surface area contributed by atoms with E-state index in [1.54, 1.807) is 7.11 Å². The predicted molar refractivity (Wildman–Crippen MR) is 82.4 cm³/mol. The van der Waals surface area contributed by atoms with Crippen molar-refractivity contribution in [3.63, 3.8) is 0 Å². The molecule has 2 rings (SSSR count). The molecule has 1 fully saturated rings. The van der Waals surface area contributed by atoms with Crippen molar-refractivity contribution in [2.45, 2.75) is 39.2 Å². The third-order valence-electron chi connectivity index (χ3n) is 4.56. The maximum atomic E-state index is 5.61. The number of benzene rings is 1. The van der Waals surface area contributed by atoms with E-state index in [0.717, 1.165) is 12.3 Å². The summed E-state index contributed by atoms with van der Waals surface area (Å²) >= 11 is 0. The summed E-state index contributed by atoms with van der Waals surface area (Å²) in [5, 5.41) is 3.58. The molecule has 2 atom stereocenters. The minimum absolute atomic E-state index is 0.328. The molecule has 1 saturated carbocycles. The summed E-state index contributed by atoms with van der Waals surface area (Å²) < 4.78 is 10.6. The summed E-state index contributed by atoms with van der Waals surface area (Å²) in [4.78, 5) is 0. The molecule has 1 aliphatic carbocycles. The molecule has 2 unspecified atom stereocenters. The standard InChI is InChI=1S/C17H27NO2/c1-5-18-16-12-15(17(16,2)3)13-6-8-14(9-7-13)20-11-10-19-4/h6-9,15-16,18H,5,10-12H2,1-4H3. The average molecular weight is 277 g/mol. The third kappa shape index (κ3) is 3.15. The summed E-state index contributed by atoms with van der Waals surface area (Å²) in [6.45, 7) is 9.17. The minimum atomic E-state index is 0.328. The van der Waals surface area contributed by atoms with Crippen molar-refractivity contribution in [2.24, 2.45) is 5.41 Å². The molecule has 20 heavy (non-hydrogen) atoms. The number of hydrogen-bond donors (Lipinski definition) is 1. The summed E-state index contributed by atoms with van der Waals surface area (Å²) in [6.07, 6.45) is 1.23. The highest BCUT2D eigenvalue weighted by Crippen LogP contribution is 2.52. The van der Waals surface area contributed by atoms with E-state index >= 15 is 0 Å². The molecule has 1 N–H and O–H groups in total. The zero-order valence-electron chi connectivity index (χ0n) is 13.1. The van der Waals surface area contributed by atoms with E-state index in [9.17, 15) is 0 Å². The lowest BCUT2D eigenvalue weighted by molar-refractivity contribution is 0.0706. The van der Waals surface area contributed by atoms with Crippen molar-refractivity contribution in [1.29, 1.82) is 0 Å². The number of rotatable bonds is 7. The molecule has 0 bridgehead atoms. The monoisotopic (exact) mass is 277 g/mol. The Morgan fingerprint density at radius 2 is 1.90 bits per heavy atom. The molecule has 0 radical (unpaired) electrons. The van der Waals surface area contributed by atoms with E-state index < -0.39 is 0 Å². The van der Waals surface area contributed by atoms with Crippen molar-refractivity contribution >= 4 is 0 Å². The van der Waals surface area contributed by atoms with Gasteiger partial charge in [-0.3, -0.25) is 0 Å². The number of nitrogens with one attached hydrogen (secondary N) is 1. The van der Waals surface area contributed by atoms with Crippen molar-refractivity contribution in [3.05, 3.63) is 29.8 Å². The second kappa shape index (κ2) is 6.59. The molecule has 0 aliphatic heterocycles. The van der Waals surface area contributed by atoms with Gasteiger partial charge in [-0.25, -0.2) is 0 Å². The van der Waals surface area contributed by atoms with Crippen LogP contribution in [0.5, 0.6) is 5.75 Å². The van der Waals surface area contributed by atoms with Gasteiger partial charge in [0.2, 0.25) is 0 Å². The maximum absolute atomic E-state index is 5.61. The van der Waals surface area contributed by atoms with Gasteiger partial charge in [-0.1, -0.05) is 32.9 Å². The van der Waals surface area contributed by atoms with Gasteiger partial charge in [0.25, 0.3) is 0 Å². The van der Waals surface area contributed by atoms with Crippen molar-refractivity contribution in [1.82, 2.24) is 5.32 Å². The van der Waals surface area contributed by atoms with Crippen LogP contribution in [-0.2, 0) is 4.74 Å². The largest absolute Gasteiger partial charge is 0.491 e. The van der Waals surface area contributed by atoms with Crippen LogP contribution in [0.3, 0.4) is 0 Å². The van der Waals surface area contributed by atoms with Gasteiger partial charge in [-0.05, 0) is 42.0 Å². The fourth-order valence-corrected chi connectivity index (χ4v) is 3.12. The second-order valence-corrected chi connectivity index (χ2v) is 6.13. The van der Waals surface area contributed by atoms with E-state index in [4.69, 9.17) is 9.47 Å². The van der Waals surface area contributed by atoms with Gasteiger partial charge in [-0.15, -0.1) is 0 Å². The van der Waals surface area contributed by atoms with Crippen LogP contribution in [0.4, 0.5) is 0 Å². The topological polar surface area (TPSA) is 30.5 Å². The van der Waals surface area contributed by atoms with Gasteiger partial charge in [0.1, 0.15) is 12.4 Å². The third-order valence-corrected chi connectivity index (χ3v) is 4.56. The fraction of sp³-hybridized carbons (Fsp3) is 0.647. The van der Waals surface area contributed by atoms with Crippen molar-refractivity contribution in [2.75, 3.05) is 26.9 Å². The molecular weight excluding hydrogens is 250 g/mol. The molecule has 0 aromatic heterocycles. The molecule has 0 spiro atoms. The van der Waals surface area contributed by atoms with E-state index in [1.165, 1.54) is 12.0 Å². The van der Waals surface area contributed by atoms with Crippen LogP contribution < -0.4 is 10.1 Å². The lowest BCUT2D eigenvalue weighted by Gasteiger charge is -2.53. The minimum Gasteiger partial charge on any atom is -0.491 e. The van der Waals surface area contributed by atoms with Crippen LogP contribution in [0.1, 0.15) is 38.7 Å². The lowest BCUT2D eigenvalue weighted by Crippen LogP contribution is -2.55. The zero-order valence-corrected chi connectivity index (χ0v) is 13.1. The summed E-state index contributed by atoms with van der Waals surface area (Å²) in [7, 11) is 1.69. The Kier molecular flexibility index (Phi) is 5.06. The number of ether oxygens (including phenoxy) is 2. The van der Waals surface area contributed by atoms with E-state index in [2.05, 4.69) is 50.4 Å². The number of hydrogen-bond acceptors (Lipinski definition) is 3. The fourth-order valence-electron chi connectivity index (χ4n) is 3.12. The Balaban J connectivity index is 1.94. The molecule has 1 aliphatic rings. The van der Waals surface area contributed by atoms with Gasteiger partial charge in [0, 0.05) is 13.2 Å².